The van der Waals surface area contributed by atoms with E-state index in [2.05, 4.69) is 16.2 Å². The lowest BCUT2D eigenvalue weighted by atomic mass is 10.2. The molecule has 0 unspecified atom stereocenters. The molecule has 0 fully saturated rings. The summed E-state index contributed by atoms with van der Waals surface area (Å²) in [4.78, 5) is 14.1. The number of hydrogen-bond donors (Lipinski definition) is 3. The minimum atomic E-state index is -0.269. The third kappa shape index (κ3) is 5.12. The summed E-state index contributed by atoms with van der Waals surface area (Å²) in [6.07, 6.45) is 0. The van der Waals surface area contributed by atoms with Crippen molar-refractivity contribution in [3.8, 4) is 0 Å². The van der Waals surface area contributed by atoms with Crippen LogP contribution in [0.25, 0.3) is 0 Å². The number of rotatable bonds is 3. The van der Waals surface area contributed by atoms with Crippen LogP contribution in [0.15, 0.2) is 48.5 Å². The summed E-state index contributed by atoms with van der Waals surface area (Å²) in [5.74, 6) is -0.269. The van der Waals surface area contributed by atoms with Crippen LogP contribution in [0.5, 0.6) is 0 Å². The van der Waals surface area contributed by atoms with Crippen LogP contribution in [0.3, 0.4) is 0 Å². The molecule has 1 amide bonds. The van der Waals surface area contributed by atoms with Gasteiger partial charge in [-0.25, -0.2) is 0 Å². The monoisotopic (exact) mass is 348 g/mol. The molecule has 0 bridgehead atoms. The first kappa shape index (κ1) is 17.1. The maximum Gasteiger partial charge on any atom is 0.269 e. The molecule has 0 heterocycles. The molecule has 5 nitrogen and oxygen atoms in total. The zero-order valence-corrected chi connectivity index (χ0v) is 14.3. The lowest BCUT2D eigenvalue weighted by molar-refractivity contribution is 0.0944. The molecule has 2 aromatic carbocycles. The van der Waals surface area contributed by atoms with Crippen molar-refractivity contribution in [2.45, 2.75) is 0 Å². The lowest BCUT2D eigenvalue weighted by Gasteiger charge is -2.14. The van der Waals surface area contributed by atoms with Gasteiger partial charge in [-0.15, -0.1) is 0 Å². The van der Waals surface area contributed by atoms with Gasteiger partial charge in [0.05, 0.1) is 0 Å². The van der Waals surface area contributed by atoms with Crippen LogP contribution < -0.4 is 21.1 Å². The van der Waals surface area contributed by atoms with E-state index in [-0.39, 0.29) is 11.0 Å². The van der Waals surface area contributed by atoms with Crippen molar-refractivity contribution in [3.63, 3.8) is 0 Å². The quantitative estimate of drug-likeness (QED) is 0.588. The summed E-state index contributed by atoms with van der Waals surface area (Å²) in [5.41, 5.74) is 7.48. The van der Waals surface area contributed by atoms with Crippen molar-refractivity contribution in [1.29, 1.82) is 0 Å². The Labute approximate surface area is 145 Å². The molecule has 0 aliphatic heterocycles. The molecule has 23 heavy (non-hydrogen) atoms. The number of anilines is 2. The molecule has 0 radical (unpaired) electrons. The minimum Gasteiger partial charge on any atom is -0.378 e. The Morgan fingerprint density at radius 3 is 2.43 bits per heavy atom. The maximum absolute atomic E-state index is 12.1. The van der Waals surface area contributed by atoms with Gasteiger partial charge in [-0.2, -0.15) is 0 Å². The Balaban J connectivity index is 1.89. The van der Waals surface area contributed by atoms with Gasteiger partial charge in [0.1, 0.15) is 0 Å². The van der Waals surface area contributed by atoms with Gasteiger partial charge in [-0.05, 0) is 54.7 Å². The Hall–Kier alpha value is -2.31. The molecule has 3 N–H and O–H groups in total. The van der Waals surface area contributed by atoms with Crippen LogP contribution in [0, 0.1) is 0 Å². The molecule has 0 aliphatic rings. The molecule has 0 spiro atoms. The van der Waals surface area contributed by atoms with Crippen molar-refractivity contribution >= 4 is 46.2 Å². The van der Waals surface area contributed by atoms with E-state index in [0.717, 1.165) is 11.4 Å². The fourth-order valence-electron chi connectivity index (χ4n) is 1.81. The summed E-state index contributed by atoms with van der Waals surface area (Å²) < 4.78 is 0. The number of hydrogen-bond acceptors (Lipinski definition) is 3. The van der Waals surface area contributed by atoms with Crippen molar-refractivity contribution in [3.05, 3.63) is 59.1 Å². The fourth-order valence-corrected chi connectivity index (χ4v) is 2.10. The lowest BCUT2D eigenvalue weighted by Crippen LogP contribution is -2.43. The molecule has 0 saturated heterocycles. The van der Waals surface area contributed by atoms with Gasteiger partial charge >= 0.3 is 0 Å². The van der Waals surface area contributed by atoms with E-state index in [0.29, 0.717) is 10.6 Å². The smallest absolute Gasteiger partial charge is 0.269 e. The van der Waals surface area contributed by atoms with Crippen molar-refractivity contribution in [1.82, 2.24) is 10.9 Å². The summed E-state index contributed by atoms with van der Waals surface area (Å²) in [5, 5.41) is 3.87. The normalized spacial score (nSPS) is 9.87. The Bertz CT molecular complexity index is 703. The van der Waals surface area contributed by atoms with Gasteiger partial charge in [0, 0.05) is 36.1 Å². The van der Waals surface area contributed by atoms with Crippen molar-refractivity contribution in [2.75, 3.05) is 24.3 Å². The number of carbonyl (C=O) groups is 1. The molecule has 120 valence electrons. The summed E-state index contributed by atoms with van der Waals surface area (Å²) in [7, 11) is 3.83. The Kier molecular flexibility index (Phi) is 5.78. The molecular formula is C16H17ClN4OS. The minimum absolute atomic E-state index is 0.269. The SMILES string of the molecule is CN(C)c1cccc(C(=O)NNC(=S)Nc2ccc(Cl)cc2)c1. The van der Waals surface area contributed by atoms with E-state index < -0.39 is 0 Å². The molecule has 0 aliphatic carbocycles. The molecule has 0 atom stereocenters. The van der Waals surface area contributed by atoms with E-state index in [4.69, 9.17) is 23.8 Å². The van der Waals surface area contributed by atoms with Crippen LogP contribution in [-0.4, -0.2) is 25.1 Å². The number of nitrogens with zero attached hydrogens (tertiary/aromatic N) is 1. The highest BCUT2D eigenvalue weighted by atomic mass is 35.5. The maximum atomic E-state index is 12.1. The topological polar surface area (TPSA) is 56.4 Å². The number of benzene rings is 2. The average Bonchev–Trinajstić information content (AvgIpc) is 2.55. The number of hydrazine groups is 1. The standard InChI is InChI=1S/C16H17ClN4OS/c1-21(2)14-5-3-4-11(10-14)15(22)19-20-16(23)18-13-8-6-12(17)7-9-13/h3-10H,1-2H3,(H,19,22)(H2,18,20,23). The summed E-state index contributed by atoms with van der Waals surface area (Å²) >= 11 is 10.9. The number of carbonyl (C=O) groups excluding carboxylic acids is 1. The third-order valence-corrected chi connectivity index (χ3v) is 3.47. The zero-order chi connectivity index (χ0) is 16.8. The van der Waals surface area contributed by atoms with Crippen LogP contribution in [0.1, 0.15) is 10.4 Å². The first-order valence-corrected chi connectivity index (χ1v) is 7.64. The zero-order valence-electron chi connectivity index (χ0n) is 12.8. The van der Waals surface area contributed by atoms with Crippen molar-refractivity contribution < 1.29 is 4.79 Å². The Morgan fingerprint density at radius 1 is 1.09 bits per heavy atom. The summed E-state index contributed by atoms with van der Waals surface area (Å²) in [6.45, 7) is 0. The first-order valence-electron chi connectivity index (χ1n) is 6.86. The van der Waals surface area contributed by atoms with Crippen LogP contribution in [-0.2, 0) is 0 Å². The first-order chi connectivity index (χ1) is 11.0. The molecule has 2 rings (SSSR count). The largest absolute Gasteiger partial charge is 0.378 e. The highest BCUT2D eigenvalue weighted by molar-refractivity contribution is 7.80. The van der Waals surface area contributed by atoms with Gasteiger partial charge in [0.15, 0.2) is 5.11 Å². The third-order valence-electron chi connectivity index (χ3n) is 3.02. The average molecular weight is 349 g/mol. The number of nitrogens with one attached hydrogen (secondary N) is 3. The van der Waals surface area contributed by atoms with E-state index in [1.54, 1.807) is 36.4 Å². The van der Waals surface area contributed by atoms with Crippen LogP contribution in [0.4, 0.5) is 11.4 Å². The van der Waals surface area contributed by atoms with Crippen LogP contribution >= 0.6 is 23.8 Å². The van der Waals surface area contributed by atoms with Gasteiger partial charge in [0.2, 0.25) is 0 Å². The van der Waals surface area contributed by atoms with E-state index in [1.165, 1.54) is 0 Å². The van der Waals surface area contributed by atoms with E-state index >= 15 is 0 Å². The second-order valence-corrected chi connectivity index (χ2v) is 5.83. The molecular weight excluding hydrogens is 332 g/mol. The van der Waals surface area contributed by atoms with Gasteiger partial charge in [-0.3, -0.25) is 15.6 Å². The second-order valence-electron chi connectivity index (χ2n) is 4.98. The van der Waals surface area contributed by atoms with Gasteiger partial charge < -0.3 is 10.2 Å². The number of halogens is 1. The number of thiocarbonyl (C=S) groups is 1. The number of amides is 1. The predicted octanol–water partition coefficient (Wildman–Crippen LogP) is 3.04. The highest BCUT2D eigenvalue weighted by Crippen LogP contribution is 2.14. The predicted molar refractivity (Wildman–Crippen MR) is 99.0 cm³/mol. The molecule has 0 saturated carbocycles. The molecule has 0 aromatic heterocycles. The molecule has 7 heteroatoms. The van der Waals surface area contributed by atoms with Gasteiger partial charge in [0.25, 0.3) is 5.91 Å². The van der Waals surface area contributed by atoms with Crippen molar-refractivity contribution in [2.24, 2.45) is 0 Å². The van der Waals surface area contributed by atoms with E-state index in [1.807, 2.05) is 31.1 Å². The van der Waals surface area contributed by atoms with E-state index in [9.17, 15) is 4.79 Å². The summed E-state index contributed by atoms with van der Waals surface area (Å²) in [6, 6.07) is 14.4. The fraction of sp³-hybridized carbons (Fsp3) is 0.125. The Morgan fingerprint density at radius 2 is 1.78 bits per heavy atom. The van der Waals surface area contributed by atoms with Gasteiger partial charge in [-0.1, -0.05) is 17.7 Å². The van der Waals surface area contributed by atoms with Crippen LogP contribution in [0.2, 0.25) is 5.02 Å². The second kappa shape index (κ2) is 7.80. The highest BCUT2D eigenvalue weighted by Gasteiger charge is 2.07. The molecule has 2 aromatic rings.